The fourth-order valence-corrected chi connectivity index (χ4v) is 6.24. The van der Waals surface area contributed by atoms with Crippen LogP contribution in [-0.4, -0.2) is 12.5 Å². The predicted octanol–water partition coefficient (Wildman–Crippen LogP) is 4.46. The summed E-state index contributed by atoms with van der Waals surface area (Å²) in [5.74, 6) is 4.55. The number of para-hydroxylation sites is 1. The van der Waals surface area contributed by atoms with E-state index in [0.29, 0.717) is 0 Å². The van der Waals surface area contributed by atoms with Gasteiger partial charge in [-0.3, -0.25) is 0 Å². The van der Waals surface area contributed by atoms with Crippen LogP contribution in [0.1, 0.15) is 44.6 Å². The normalized spacial score (nSPS) is 42.2. The molecule has 2 nitrogen and oxygen atoms in total. The van der Waals surface area contributed by atoms with Gasteiger partial charge in [-0.05, 0) is 74.3 Å². The highest BCUT2D eigenvalue weighted by atomic mass is 16.5. The maximum Gasteiger partial charge on any atom is 0.200 e. The van der Waals surface area contributed by atoms with Crippen LogP contribution in [0, 0.1) is 23.7 Å². The lowest BCUT2D eigenvalue weighted by molar-refractivity contribution is -0.0363. The Morgan fingerprint density at radius 2 is 1.71 bits per heavy atom. The van der Waals surface area contributed by atoms with Crippen LogP contribution in [0.4, 0.5) is 5.69 Å². The zero-order valence-electron chi connectivity index (χ0n) is 12.7. The molecular weight excluding hydrogens is 258 g/mol. The van der Waals surface area contributed by atoms with Crippen molar-refractivity contribution in [3.8, 4) is 0 Å². The molecule has 2 heteroatoms. The molecule has 0 saturated heterocycles. The molecule has 0 N–H and O–H groups in total. The van der Waals surface area contributed by atoms with E-state index in [1.54, 1.807) is 0 Å². The van der Waals surface area contributed by atoms with Crippen LogP contribution < -0.4 is 0 Å². The van der Waals surface area contributed by atoms with Gasteiger partial charge in [0.05, 0.1) is 17.7 Å². The molecule has 0 unspecified atom stereocenters. The molecule has 1 aromatic carbocycles. The minimum atomic E-state index is 0.125. The van der Waals surface area contributed by atoms with Gasteiger partial charge in [-0.1, -0.05) is 18.2 Å². The number of nitrogens with zero attached hydrogens (tertiary/aromatic N) is 1. The van der Waals surface area contributed by atoms with Gasteiger partial charge in [-0.15, -0.1) is 0 Å². The molecule has 110 valence electrons. The minimum Gasteiger partial charge on any atom is -0.480 e. The highest BCUT2D eigenvalue weighted by Crippen LogP contribution is 2.66. The quantitative estimate of drug-likeness (QED) is 0.744. The monoisotopic (exact) mass is 281 g/mol. The third-order valence-corrected chi connectivity index (χ3v) is 6.63. The van der Waals surface area contributed by atoms with E-state index >= 15 is 0 Å². The van der Waals surface area contributed by atoms with Gasteiger partial charge in [-0.2, -0.15) is 0 Å². The first kappa shape index (κ1) is 12.3. The second kappa shape index (κ2) is 4.12. The van der Waals surface area contributed by atoms with Crippen molar-refractivity contribution in [2.24, 2.45) is 28.7 Å². The average molecular weight is 281 g/mol. The van der Waals surface area contributed by atoms with Gasteiger partial charge in [0, 0.05) is 0 Å². The second-order valence-corrected chi connectivity index (χ2v) is 7.54. The van der Waals surface area contributed by atoms with Crippen molar-refractivity contribution < 1.29 is 4.74 Å². The molecule has 5 aliphatic rings. The van der Waals surface area contributed by atoms with E-state index in [1.165, 1.54) is 43.4 Å². The Morgan fingerprint density at radius 1 is 1.05 bits per heavy atom. The van der Waals surface area contributed by atoms with Gasteiger partial charge in [0.2, 0.25) is 0 Å². The Bertz CT molecular complexity index is 590. The fraction of sp³-hybridized carbons (Fsp3) is 0.632. The van der Waals surface area contributed by atoms with Crippen LogP contribution in [0.2, 0.25) is 0 Å². The number of rotatable bonds is 1. The minimum absolute atomic E-state index is 0.125. The van der Waals surface area contributed by atoms with Crippen molar-refractivity contribution in [1.82, 2.24) is 0 Å². The Hall–Kier alpha value is -1.31. The van der Waals surface area contributed by atoms with E-state index in [2.05, 4.69) is 31.2 Å². The number of aliphatic imine (C=N–C) groups is 1. The van der Waals surface area contributed by atoms with Gasteiger partial charge in [0.15, 0.2) is 5.90 Å². The smallest absolute Gasteiger partial charge is 0.200 e. The highest BCUT2D eigenvalue weighted by molar-refractivity contribution is 5.97. The molecule has 0 atom stereocenters. The summed E-state index contributed by atoms with van der Waals surface area (Å²) >= 11 is 0. The first-order chi connectivity index (χ1) is 10.3. The number of ether oxygens (including phenoxy) is 1. The standard InChI is InChI=1S/C19H23NO/c1-2-21-18-19(16-5-3-4-6-17(16)20-18)14-8-12-7-13(10-14)11-15(19)9-12/h3-6,12-15H,2,7-11H2,1H3. The lowest BCUT2D eigenvalue weighted by atomic mass is 9.44. The van der Waals surface area contributed by atoms with Crippen molar-refractivity contribution in [2.75, 3.05) is 6.61 Å². The number of hydrogen-bond acceptors (Lipinski definition) is 2. The zero-order valence-corrected chi connectivity index (χ0v) is 12.7. The van der Waals surface area contributed by atoms with Crippen molar-refractivity contribution in [2.45, 2.75) is 44.4 Å². The van der Waals surface area contributed by atoms with Crippen molar-refractivity contribution in [3.05, 3.63) is 29.8 Å². The number of benzene rings is 1. The molecule has 4 fully saturated rings. The molecule has 0 radical (unpaired) electrons. The van der Waals surface area contributed by atoms with E-state index in [4.69, 9.17) is 9.73 Å². The van der Waals surface area contributed by atoms with Crippen LogP contribution in [0.5, 0.6) is 0 Å². The number of hydrogen-bond donors (Lipinski definition) is 0. The fourth-order valence-electron chi connectivity index (χ4n) is 6.24. The Labute approximate surface area is 126 Å². The SMILES string of the molecule is CCOC1=Nc2ccccc2C12C1CC3CC(C1)CC2C3. The van der Waals surface area contributed by atoms with Gasteiger partial charge >= 0.3 is 0 Å². The summed E-state index contributed by atoms with van der Waals surface area (Å²) < 4.78 is 6.12. The summed E-state index contributed by atoms with van der Waals surface area (Å²) in [5, 5.41) is 0. The third kappa shape index (κ3) is 1.41. The summed E-state index contributed by atoms with van der Waals surface area (Å²) in [7, 11) is 0. The first-order valence-electron chi connectivity index (χ1n) is 8.63. The van der Waals surface area contributed by atoms with Crippen molar-refractivity contribution in [1.29, 1.82) is 0 Å². The van der Waals surface area contributed by atoms with E-state index in [9.17, 15) is 0 Å². The molecule has 1 spiro atoms. The van der Waals surface area contributed by atoms with Crippen LogP contribution in [0.25, 0.3) is 0 Å². The highest BCUT2D eigenvalue weighted by Gasteiger charge is 2.63. The Balaban J connectivity index is 1.70. The summed E-state index contributed by atoms with van der Waals surface area (Å²) in [6.07, 6.45) is 7.08. The lowest BCUT2D eigenvalue weighted by Crippen LogP contribution is -2.58. The van der Waals surface area contributed by atoms with Gasteiger partial charge < -0.3 is 4.74 Å². The van der Waals surface area contributed by atoms with Crippen LogP contribution in [-0.2, 0) is 10.2 Å². The molecule has 4 saturated carbocycles. The molecule has 1 aliphatic heterocycles. The van der Waals surface area contributed by atoms with E-state index in [-0.39, 0.29) is 5.41 Å². The Kier molecular flexibility index (Phi) is 2.40. The Morgan fingerprint density at radius 3 is 2.38 bits per heavy atom. The number of fused-ring (bicyclic) bond motifs is 1. The largest absolute Gasteiger partial charge is 0.480 e. The van der Waals surface area contributed by atoms with Gasteiger partial charge in [0.25, 0.3) is 0 Å². The molecule has 0 amide bonds. The molecular formula is C19H23NO. The molecule has 1 heterocycles. The van der Waals surface area contributed by atoms with Gasteiger partial charge in [0.1, 0.15) is 0 Å². The second-order valence-electron chi connectivity index (χ2n) is 7.54. The van der Waals surface area contributed by atoms with E-state index in [0.717, 1.165) is 36.2 Å². The average Bonchev–Trinajstić information content (AvgIpc) is 2.79. The van der Waals surface area contributed by atoms with E-state index < -0.39 is 0 Å². The maximum absolute atomic E-state index is 6.12. The lowest BCUT2D eigenvalue weighted by Gasteiger charge is -2.60. The van der Waals surface area contributed by atoms with Gasteiger partial charge in [-0.25, -0.2) is 4.99 Å². The first-order valence-corrected chi connectivity index (χ1v) is 8.63. The zero-order chi connectivity index (χ0) is 14.0. The van der Waals surface area contributed by atoms with E-state index in [1.807, 2.05) is 0 Å². The van der Waals surface area contributed by atoms with Crippen LogP contribution in [0.15, 0.2) is 29.3 Å². The molecule has 1 aromatic rings. The summed E-state index contributed by atoms with van der Waals surface area (Å²) in [6.45, 7) is 2.83. The van der Waals surface area contributed by atoms with Crippen molar-refractivity contribution >= 4 is 11.6 Å². The van der Waals surface area contributed by atoms with Crippen molar-refractivity contribution in [3.63, 3.8) is 0 Å². The molecule has 0 aromatic heterocycles. The third-order valence-electron chi connectivity index (χ3n) is 6.63. The topological polar surface area (TPSA) is 21.6 Å². The molecule has 4 bridgehead atoms. The maximum atomic E-state index is 6.12. The van der Waals surface area contributed by atoms with Crippen LogP contribution >= 0.6 is 0 Å². The summed E-state index contributed by atoms with van der Waals surface area (Å²) in [4.78, 5) is 4.94. The molecule has 21 heavy (non-hydrogen) atoms. The predicted molar refractivity (Wildman–Crippen MR) is 83.9 cm³/mol. The van der Waals surface area contributed by atoms with Crippen LogP contribution in [0.3, 0.4) is 0 Å². The molecule has 4 aliphatic carbocycles. The summed E-state index contributed by atoms with van der Waals surface area (Å²) in [5.41, 5.74) is 2.77. The summed E-state index contributed by atoms with van der Waals surface area (Å²) in [6, 6.07) is 8.80. The molecule has 6 rings (SSSR count).